The number of carbonyl (C=O) groups is 1. The normalized spacial score (nSPS) is 10.6. The lowest BCUT2D eigenvalue weighted by Gasteiger charge is -2.07. The number of anilines is 2. The Hall–Kier alpha value is -2.61. The summed E-state index contributed by atoms with van der Waals surface area (Å²) >= 11 is 3.19. The number of rotatable bonds is 3. The van der Waals surface area contributed by atoms with Gasteiger partial charge in [-0.2, -0.15) is 0 Å². The molecule has 3 rings (SSSR count). The number of hydrogen-bond acceptors (Lipinski definition) is 5. The summed E-state index contributed by atoms with van der Waals surface area (Å²) in [6.45, 7) is 3.98. The maximum Gasteiger partial charge on any atom is 0.327 e. The van der Waals surface area contributed by atoms with Gasteiger partial charge in [0.2, 0.25) is 0 Å². The highest BCUT2D eigenvalue weighted by atomic mass is 79.9. The number of amides is 2. The van der Waals surface area contributed by atoms with E-state index in [0.29, 0.717) is 16.1 Å². The van der Waals surface area contributed by atoms with Gasteiger partial charge < -0.3 is 14.2 Å². The summed E-state index contributed by atoms with van der Waals surface area (Å²) in [6, 6.07) is 8.54. The number of hydrogen-bond donors (Lipinski definition) is 2. The first-order valence-electron chi connectivity index (χ1n) is 6.76. The van der Waals surface area contributed by atoms with Gasteiger partial charge in [0.05, 0.1) is 0 Å². The number of nitrogens with zero attached hydrogens (tertiary/aromatic N) is 2. The summed E-state index contributed by atoms with van der Waals surface area (Å²) in [5.41, 5.74) is 2.92. The molecule has 118 valence electrons. The fourth-order valence-corrected chi connectivity index (χ4v) is 2.19. The number of urea groups is 1. The summed E-state index contributed by atoms with van der Waals surface area (Å²) in [7, 11) is 0. The molecule has 7 nitrogen and oxygen atoms in total. The Morgan fingerprint density at radius 3 is 2.57 bits per heavy atom. The Morgan fingerprint density at radius 2 is 1.87 bits per heavy atom. The second-order valence-corrected chi connectivity index (χ2v) is 5.68. The smallest absolute Gasteiger partial charge is 0.327 e. The second-order valence-electron chi connectivity index (χ2n) is 4.89. The van der Waals surface area contributed by atoms with Crippen LogP contribution >= 0.6 is 15.9 Å². The summed E-state index contributed by atoms with van der Waals surface area (Å²) in [4.78, 5) is 11.9. The Morgan fingerprint density at radius 1 is 1.04 bits per heavy atom. The molecule has 0 aliphatic rings. The molecule has 2 amide bonds. The average molecular weight is 377 g/mol. The highest BCUT2D eigenvalue weighted by Crippen LogP contribution is 2.25. The maximum absolute atomic E-state index is 11.9. The van der Waals surface area contributed by atoms with Crippen molar-refractivity contribution < 1.29 is 13.6 Å². The first-order chi connectivity index (χ1) is 11.0. The van der Waals surface area contributed by atoms with Crippen molar-refractivity contribution in [3.05, 3.63) is 46.1 Å². The highest BCUT2D eigenvalue weighted by molar-refractivity contribution is 9.10. The van der Waals surface area contributed by atoms with E-state index >= 15 is 0 Å². The largest absolute Gasteiger partial charge is 0.444 e. The molecular weight excluding hydrogens is 364 g/mol. The number of benzene rings is 1. The van der Waals surface area contributed by atoms with Crippen molar-refractivity contribution in [3.8, 4) is 11.7 Å². The zero-order valence-electron chi connectivity index (χ0n) is 12.4. The molecule has 2 aromatic heterocycles. The number of aromatic nitrogens is 2. The minimum Gasteiger partial charge on any atom is -0.444 e. The van der Waals surface area contributed by atoms with Gasteiger partial charge in [0.1, 0.15) is 0 Å². The van der Waals surface area contributed by atoms with Crippen molar-refractivity contribution in [2.75, 3.05) is 10.6 Å². The fraction of sp³-hybridized carbons (Fsp3) is 0.133. The molecule has 0 radical (unpaired) electrons. The molecule has 0 aliphatic heterocycles. The Kier molecular flexibility index (Phi) is 4.16. The minimum absolute atomic E-state index is 0.0196. The van der Waals surface area contributed by atoms with Crippen LogP contribution in [0, 0.1) is 13.8 Å². The molecule has 0 spiro atoms. The van der Waals surface area contributed by atoms with Crippen molar-refractivity contribution in [2.24, 2.45) is 0 Å². The monoisotopic (exact) mass is 376 g/mol. The lowest BCUT2D eigenvalue weighted by Crippen LogP contribution is -2.19. The van der Waals surface area contributed by atoms with E-state index < -0.39 is 6.03 Å². The van der Waals surface area contributed by atoms with Crippen LogP contribution in [-0.4, -0.2) is 16.2 Å². The summed E-state index contributed by atoms with van der Waals surface area (Å²) < 4.78 is 11.2. The number of nitrogens with one attached hydrogen (secondary N) is 2. The minimum atomic E-state index is -0.468. The summed E-state index contributed by atoms with van der Waals surface area (Å²) in [6.07, 6.45) is 0. The quantitative estimate of drug-likeness (QED) is 0.708. The number of halogens is 1. The van der Waals surface area contributed by atoms with Gasteiger partial charge in [0.25, 0.3) is 5.89 Å². The van der Waals surface area contributed by atoms with Gasteiger partial charge in [-0.05, 0) is 65.2 Å². The number of carbonyl (C=O) groups excluding carboxylic acids is 1. The van der Waals surface area contributed by atoms with Crippen molar-refractivity contribution >= 4 is 33.7 Å². The predicted octanol–water partition coefficient (Wildman–Crippen LogP) is 4.35. The molecule has 23 heavy (non-hydrogen) atoms. The van der Waals surface area contributed by atoms with E-state index in [9.17, 15) is 4.79 Å². The predicted molar refractivity (Wildman–Crippen MR) is 88.3 cm³/mol. The van der Waals surface area contributed by atoms with E-state index in [-0.39, 0.29) is 11.9 Å². The van der Waals surface area contributed by atoms with Gasteiger partial charge in [0.15, 0.2) is 10.4 Å². The molecule has 2 N–H and O–H groups in total. The topological polar surface area (TPSA) is 93.2 Å². The lowest BCUT2D eigenvalue weighted by molar-refractivity contribution is 0.261. The Labute approximate surface area is 140 Å². The van der Waals surface area contributed by atoms with Crippen LogP contribution in [0.5, 0.6) is 0 Å². The Balaban J connectivity index is 1.66. The van der Waals surface area contributed by atoms with Gasteiger partial charge in [-0.3, -0.25) is 5.32 Å². The first kappa shape index (κ1) is 15.3. The Bertz CT molecular complexity index is 856. The third-order valence-corrected chi connectivity index (χ3v) is 3.62. The van der Waals surface area contributed by atoms with E-state index in [0.717, 1.165) is 11.1 Å². The molecule has 2 heterocycles. The van der Waals surface area contributed by atoms with Gasteiger partial charge in [-0.25, -0.2) is 4.79 Å². The zero-order valence-corrected chi connectivity index (χ0v) is 14.0. The summed E-state index contributed by atoms with van der Waals surface area (Å²) in [5, 5.41) is 12.7. The van der Waals surface area contributed by atoms with Crippen LogP contribution in [0.1, 0.15) is 11.1 Å². The van der Waals surface area contributed by atoms with Gasteiger partial charge in [-0.15, -0.1) is 5.10 Å². The molecule has 1 aromatic carbocycles. The SMILES string of the molecule is Cc1ccc(NC(=O)Nc2nnc(-c3ccc(Br)o3)o2)cc1C. The molecule has 0 aliphatic carbocycles. The van der Waals surface area contributed by atoms with Crippen molar-refractivity contribution in [1.82, 2.24) is 10.2 Å². The number of furan rings is 1. The van der Waals surface area contributed by atoms with Gasteiger partial charge in [0, 0.05) is 5.69 Å². The van der Waals surface area contributed by atoms with Crippen molar-refractivity contribution in [2.45, 2.75) is 13.8 Å². The fourth-order valence-electron chi connectivity index (χ4n) is 1.88. The molecule has 0 saturated heterocycles. The van der Waals surface area contributed by atoms with Crippen LogP contribution in [0.2, 0.25) is 0 Å². The van der Waals surface area contributed by atoms with E-state index in [1.807, 2.05) is 32.0 Å². The highest BCUT2D eigenvalue weighted by Gasteiger charge is 2.14. The van der Waals surface area contributed by atoms with Crippen LogP contribution in [0.3, 0.4) is 0 Å². The second kappa shape index (κ2) is 6.25. The molecule has 0 fully saturated rings. The van der Waals surface area contributed by atoms with Gasteiger partial charge in [-0.1, -0.05) is 11.2 Å². The van der Waals surface area contributed by atoms with Crippen LogP contribution in [0.25, 0.3) is 11.7 Å². The molecule has 0 saturated carbocycles. The first-order valence-corrected chi connectivity index (χ1v) is 7.55. The van der Waals surface area contributed by atoms with Crippen molar-refractivity contribution in [1.29, 1.82) is 0 Å². The van der Waals surface area contributed by atoms with Gasteiger partial charge >= 0.3 is 12.0 Å². The third-order valence-electron chi connectivity index (χ3n) is 3.19. The molecule has 0 bridgehead atoms. The third kappa shape index (κ3) is 3.59. The molecule has 3 aromatic rings. The van der Waals surface area contributed by atoms with E-state index in [1.165, 1.54) is 0 Å². The standard InChI is InChI=1S/C15H13BrN4O3/c1-8-3-4-10(7-9(8)2)17-14(21)18-15-20-19-13(23-15)11-5-6-12(16)22-11/h3-7H,1-2H3,(H2,17,18,20,21). The molecular formula is C15H13BrN4O3. The lowest BCUT2D eigenvalue weighted by atomic mass is 10.1. The van der Waals surface area contributed by atoms with E-state index in [1.54, 1.807) is 12.1 Å². The van der Waals surface area contributed by atoms with E-state index in [2.05, 4.69) is 36.8 Å². The molecule has 0 unspecified atom stereocenters. The van der Waals surface area contributed by atoms with E-state index in [4.69, 9.17) is 8.83 Å². The maximum atomic E-state index is 11.9. The van der Waals surface area contributed by atoms with Crippen molar-refractivity contribution in [3.63, 3.8) is 0 Å². The number of aryl methyl sites for hydroxylation is 2. The van der Waals surface area contributed by atoms with Crippen LogP contribution in [0.15, 0.2) is 43.8 Å². The van der Waals surface area contributed by atoms with Crippen LogP contribution in [0.4, 0.5) is 16.5 Å². The summed E-state index contributed by atoms with van der Waals surface area (Å²) in [5.74, 6) is 0.587. The van der Waals surface area contributed by atoms with Crippen LogP contribution in [-0.2, 0) is 0 Å². The average Bonchev–Trinajstić information content (AvgIpc) is 3.12. The molecule has 8 heteroatoms. The zero-order chi connectivity index (χ0) is 16.4. The van der Waals surface area contributed by atoms with Crippen LogP contribution < -0.4 is 10.6 Å². The molecule has 0 atom stereocenters.